The van der Waals surface area contributed by atoms with Crippen LogP contribution in [-0.4, -0.2) is 24.1 Å². The SMILES string of the molecule is O=C(COC(=O)c1ccc(C(=O)c2ccccc2)cc1)c1ccc(Cl)cc1. The number of carbonyl (C=O) groups is 3. The molecule has 0 radical (unpaired) electrons. The molecule has 0 bridgehead atoms. The van der Waals surface area contributed by atoms with Crippen LogP contribution >= 0.6 is 11.6 Å². The first-order valence-electron chi connectivity index (χ1n) is 8.20. The third kappa shape index (κ3) is 4.68. The van der Waals surface area contributed by atoms with Crippen LogP contribution in [0.3, 0.4) is 0 Å². The van der Waals surface area contributed by atoms with Gasteiger partial charge in [0.25, 0.3) is 0 Å². The molecule has 0 heterocycles. The summed E-state index contributed by atoms with van der Waals surface area (Å²) in [6.45, 7) is -0.370. The largest absolute Gasteiger partial charge is 0.454 e. The predicted molar refractivity (Wildman–Crippen MR) is 102 cm³/mol. The van der Waals surface area contributed by atoms with Crippen LogP contribution in [0.2, 0.25) is 5.02 Å². The van der Waals surface area contributed by atoms with Crippen molar-refractivity contribution in [3.63, 3.8) is 0 Å². The molecule has 0 amide bonds. The summed E-state index contributed by atoms with van der Waals surface area (Å²) in [7, 11) is 0. The minimum Gasteiger partial charge on any atom is -0.454 e. The molecule has 4 nitrogen and oxygen atoms in total. The van der Waals surface area contributed by atoms with E-state index in [2.05, 4.69) is 0 Å². The second-order valence-electron chi connectivity index (χ2n) is 5.78. The molecule has 0 unspecified atom stereocenters. The van der Waals surface area contributed by atoms with Crippen LogP contribution in [0.5, 0.6) is 0 Å². The van der Waals surface area contributed by atoms with E-state index in [4.69, 9.17) is 16.3 Å². The van der Waals surface area contributed by atoms with E-state index in [1.165, 1.54) is 12.1 Å². The fourth-order valence-corrected chi connectivity index (χ4v) is 2.57. The number of hydrogen-bond donors (Lipinski definition) is 0. The maximum atomic E-state index is 12.4. The molecule has 3 aromatic rings. The third-order valence-electron chi connectivity index (χ3n) is 3.92. The highest BCUT2D eigenvalue weighted by Gasteiger charge is 2.13. The lowest BCUT2D eigenvalue weighted by molar-refractivity contribution is 0.0474. The summed E-state index contributed by atoms with van der Waals surface area (Å²) >= 11 is 5.78. The van der Waals surface area contributed by atoms with Crippen LogP contribution in [0.4, 0.5) is 0 Å². The number of ketones is 2. The van der Waals surface area contributed by atoms with Crippen molar-refractivity contribution >= 4 is 29.1 Å². The average molecular weight is 379 g/mol. The lowest BCUT2D eigenvalue weighted by Gasteiger charge is -2.06. The Morgan fingerprint density at radius 2 is 1.19 bits per heavy atom. The van der Waals surface area contributed by atoms with Gasteiger partial charge in [-0.2, -0.15) is 0 Å². The number of carbonyl (C=O) groups excluding carboxylic acids is 3. The van der Waals surface area contributed by atoms with Crippen molar-refractivity contribution in [3.05, 3.63) is 106 Å². The molecule has 0 aliphatic carbocycles. The van der Waals surface area contributed by atoms with Gasteiger partial charge in [-0.05, 0) is 36.4 Å². The quantitative estimate of drug-likeness (QED) is 0.464. The predicted octanol–water partition coefficient (Wildman–Crippen LogP) is 4.61. The zero-order valence-electron chi connectivity index (χ0n) is 14.2. The van der Waals surface area contributed by atoms with Gasteiger partial charge in [-0.15, -0.1) is 0 Å². The monoisotopic (exact) mass is 378 g/mol. The number of benzene rings is 3. The first-order valence-corrected chi connectivity index (χ1v) is 8.58. The average Bonchev–Trinajstić information content (AvgIpc) is 2.72. The van der Waals surface area contributed by atoms with E-state index in [-0.39, 0.29) is 23.7 Å². The van der Waals surface area contributed by atoms with Crippen molar-refractivity contribution in [2.45, 2.75) is 0 Å². The number of esters is 1. The van der Waals surface area contributed by atoms with Gasteiger partial charge in [-0.1, -0.05) is 54.1 Å². The Hall–Kier alpha value is -3.24. The summed E-state index contributed by atoms with van der Waals surface area (Å²) in [5.74, 6) is -1.08. The van der Waals surface area contributed by atoms with Gasteiger partial charge in [-0.3, -0.25) is 9.59 Å². The van der Waals surface area contributed by atoms with E-state index >= 15 is 0 Å². The molecule has 0 saturated heterocycles. The minimum absolute atomic E-state index is 0.131. The molecule has 0 atom stereocenters. The van der Waals surface area contributed by atoms with E-state index < -0.39 is 5.97 Å². The van der Waals surface area contributed by atoms with Crippen molar-refractivity contribution in [3.8, 4) is 0 Å². The molecule has 0 aliphatic heterocycles. The van der Waals surface area contributed by atoms with Crippen molar-refractivity contribution in [1.82, 2.24) is 0 Å². The van der Waals surface area contributed by atoms with Gasteiger partial charge in [0, 0.05) is 21.7 Å². The highest BCUT2D eigenvalue weighted by molar-refractivity contribution is 6.30. The molecule has 27 heavy (non-hydrogen) atoms. The first kappa shape index (κ1) is 18.5. The van der Waals surface area contributed by atoms with E-state index in [0.717, 1.165) is 0 Å². The fourth-order valence-electron chi connectivity index (χ4n) is 2.45. The molecule has 0 spiro atoms. The molecule has 134 valence electrons. The number of Topliss-reactive ketones (excluding diaryl/α,β-unsaturated/α-hetero) is 1. The molecule has 0 N–H and O–H groups in total. The summed E-state index contributed by atoms with van der Waals surface area (Å²) in [5.41, 5.74) is 1.72. The molecule has 0 saturated carbocycles. The summed E-state index contributed by atoms with van der Waals surface area (Å²) < 4.78 is 5.05. The van der Waals surface area contributed by atoms with Crippen molar-refractivity contribution < 1.29 is 19.1 Å². The number of hydrogen-bond acceptors (Lipinski definition) is 4. The van der Waals surface area contributed by atoms with E-state index in [1.54, 1.807) is 60.7 Å². The van der Waals surface area contributed by atoms with Crippen LogP contribution in [-0.2, 0) is 4.74 Å². The van der Waals surface area contributed by atoms with Gasteiger partial charge in [0.1, 0.15) is 0 Å². The molecule has 5 heteroatoms. The lowest BCUT2D eigenvalue weighted by atomic mass is 10.0. The molecule has 0 fully saturated rings. The molecular formula is C22H15ClO4. The Balaban J connectivity index is 1.61. The van der Waals surface area contributed by atoms with Crippen molar-refractivity contribution in [1.29, 1.82) is 0 Å². The van der Waals surface area contributed by atoms with Gasteiger partial charge in [0.2, 0.25) is 0 Å². The number of ether oxygens (including phenoxy) is 1. The Morgan fingerprint density at radius 3 is 1.81 bits per heavy atom. The van der Waals surface area contributed by atoms with Crippen molar-refractivity contribution in [2.75, 3.05) is 6.61 Å². The van der Waals surface area contributed by atoms with E-state index in [1.807, 2.05) is 6.07 Å². The zero-order valence-corrected chi connectivity index (χ0v) is 15.0. The normalized spacial score (nSPS) is 10.3. The molecule has 3 aromatic carbocycles. The van der Waals surface area contributed by atoms with Crippen LogP contribution in [0.15, 0.2) is 78.9 Å². The Morgan fingerprint density at radius 1 is 0.667 bits per heavy atom. The van der Waals surface area contributed by atoms with Gasteiger partial charge in [0.15, 0.2) is 18.2 Å². The van der Waals surface area contributed by atoms with E-state index in [0.29, 0.717) is 21.7 Å². The standard InChI is InChI=1S/C22H15ClO4/c23-19-12-10-15(11-13-19)20(24)14-27-22(26)18-8-6-17(7-9-18)21(25)16-4-2-1-3-5-16/h1-13H,14H2. The van der Waals surface area contributed by atoms with E-state index in [9.17, 15) is 14.4 Å². The Labute approximate surface area is 161 Å². The zero-order chi connectivity index (χ0) is 19.2. The summed E-state index contributed by atoms with van der Waals surface area (Å²) in [5, 5.41) is 0.522. The highest BCUT2D eigenvalue weighted by Crippen LogP contribution is 2.13. The highest BCUT2D eigenvalue weighted by atomic mass is 35.5. The Kier molecular flexibility index (Phi) is 5.79. The van der Waals surface area contributed by atoms with Crippen molar-refractivity contribution in [2.24, 2.45) is 0 Å². The van der Waals surface area contributed by atoms with Crippen LogP contribution in [0.1, 0.15) is 36.6 Å². The third-order valence-corrected chi connectivity index (χ3v) is 4.17. The fraction of sp³-hybridized carbons (Fsp3) is 0.0455. The van der Waals surface area contributed by atoms with Crippen LogP contribution in [0.25, 0.3) is 0 Å². The molecular weight excluding hydrogens is 364 g/mol. The van der Waals surface area contributed by atoms with Gasteiger partial charge in [0.05, 0.1) is 5.56 Å². The molecule has 0 aromatic heterocycles. The Bertz CT molecular complexity index is 961. The number of halogens is 1. The maximum Gasteiger partial charge on any atom is 0.338 e. The number of rotatable bonds is 6. The van der Waals surface area contributed by atoms with Crippen LogP contribution < -0.4 is 0 Å². The lowest BCUT2D eigenvalue weighted by Crippen LogP contribution is -2.14. The summed E-state index contributed by atoms with van der Waals surface area (Å²) in [6.07, 6.45) is 0. The van der Waals surface area contributed by atoms with Gasteiger partial charge < -0.3 is 4.74 Å². The summed E-state index contributed by atoms with van der Waals surface area (Å²) in [6, 6.07) is 21.3. The second-order valence-corrected chi connectivity index (χ2v) is 6.22. The smallest absolute Gasteiger partial charge is 0.338 e. The second kappa shape index (κ2) is 8.43. The summed E-state index contributed by atoms with van der Waals surface area (Å²) in [4.78, 5) is 36.5. The van der Waals surface area contributed by atoms with Gasteiger partial charge >= 0.3 is 5.97 Å². The van der Waals surface area contributed by atoms with Crippen LogP contribution in [0, 0.1) is 0 Å². The topological polar surface area (TPSA) is 60.4 Å². The molecule has 0 aliphatic rings. The first-order chi connectivity index (χ1) is 13.0. The minimum atomic E-state index is -0.629. The van der Waals surface area contributed by atoms with Gasteiger partial charge in [-0.25, -0.2) is 4.79 Å². The maximum absolute atomic E-state index is 12.4. The molecule has 3 rings (SSSR count).